The van der Waals surface area contributed by atoms with Gasteiger partial charge in [-0.1, -0.05) is 6.58 Å². The van der Waals surface area contributed by atoms with Crippen molar-refractivity contribution in [3.63, 3.8) is 0 Å². The molecule has 3 nitrogen and oxygen atoms in total. The maximum Gasteiger partial charge on any atom is 0.243 e. The van der Waals surface area contributed by atoms with Crippen LogP contribution in [-0.4, -0.2) is 22.6 Å². The van der Waals surface area contributed by atoms with E-state index in [2.05, 4.69) is 11.9 Å². The van der Waals surface area contributed by atoms with E-state index in [0.29, 0.717) is 12.8 Å². The maximum absolute atomic E-state index is 11.3. The quantitative estimate of drug-likeness (QED) is 0.562. The van der Waals surface area contributed by atoms with Crippen LogP contribution in [0.5, 0.6) is 0 Å². The number of carbonyl (C=O) groups excluding carboxylic acids is 2. The van der Waals surface area contributed by atoms with Gasteiger partial charge in [0.05, 0.1) is 5.38 Å². The number of hydrogen-bond acceptors (Lipinski definition) is 2. The SMILES string of the molecule is C=CC(=O)NC(C)(C)CCC(=O)C(C)Cl. The molecule has 0 aliphatic heterocycles. The molecular formula is C11H18ClNO2. The van der Waals surface area contributed by atoms with E-state index >= 15 is 0 Å². The second-order valence-electron chi connectivity index (χ2n) is 4.16. The summed E-state index contributed by atoms with van der Waals surface area (Å²) < 4.78 is 0. The van der Waals surface area contributed by atoms with E-state index in [1.807, 2.05) is 13.8 Å². The van der Waals surface area contributed by atoms with Gasteiger partial charge in [0.1, 0.15) is 5.78 Å². The summed E-state index contributed by atoms with van der Waals surface area (Å²) in [5.41, 5.74) is -0.410. The van der Waals surface area contributed by atoms with Crippen LogP contribution in [0.25, 0.3) is 0 Å². The largest absolute Gasteiger partial charge is 0.348 e. The first-order valence-electron chi connectivity index (χ1n) is 4.90. The Labute approximate surface area is 95.9 Å². The summed E-state index contributed by atoms with van der Waals surface area (Å²) in [5, 5.41) is 2.29. The van der Waals surface area contributed by atoms with Crippen molar-refractivity contribution in [1.82, 2.24) is 5.32 Å². The summed E-state index contributed by atoms with van der Waals surface area (Å²) in [4.78, 5) is 22.3. The Kier molecular flexibility index (Phi) is 5.58. The zero-order chi connectivity index (χ0) is 12.1. The van der Waals surface area contributed by atoms with Gasteiger partial charge in [-0.3, -0.25) is 9.59 Å². The number of nitrogens with one attached hydrogen (secondary N) is 1. The van der Waals surface area contributed by atoms with Gasteiger partial charge in [0.15, 0.2) is 0 Å². The fourth-order valence-corrected chi connectivity index (χ4v) is 1.19. The fraction of sp³-hybridized carbons (Fsp3) is 0.636. The third kappa shape index (κ3) is 6.28. The summed E-state index contributed by atoms with van der Waals surface area (Å²) in [6.45, 7) is 8.74. The molecule has 86 valence electrons. The van der Waals surface area contributed by atoms with Crippen LogP contribution in [0.2, 0.25) is 0 Å². The second-order valence-corrected chi connectivity index (χ2v) is 4.81. The van der Waals surface area contributed by atoms with Gasteiger partial charge >= 0.3 is 0 Å². The normalized spacial score (nSPS) is 13.1. The molecule has 0 saturated carbocycles. The predicted octanol–water partition coefficient (Wildman–Crippen LogP) is 2.04. The Balaban J connectivity index is 4.09. The number of Topliss-reactive ketones (excluding diaryl/α,β-unsaturated/α-hetero) is 1. The standard InChI is InChI=1S/C11H18ClNO2/c1-5-10(15)13-11(3,4)7-6-9(14)8(2)12/h5,8H,1,6-7H2,2-4H3,(H,13,15). The lowest BCUT2D eigenvalue weighted by atomic mass is 9.96. The van der Waals surface area contributed by atoms with Crippen LogP contribution in [-0.2, 0) is 9.59 Å². The van der Waals surface area contributed by atoms with Crippen LogP contribution in [0, 0.1) is 0 Å². The molecule has 0 aliphatic rings. The van der Waals surface area contributed by atoms with Gasteiger partial charge in [-0.25, -0.2) is 0 Å². The third-order valence-electron chi connectivity index (χ3n) is 2.09. The zero-order valence-corrected chi connectivity index (χ0v) is 10.2. The van der Waals surface area contributed by atoms with Crippen molar-refractivity contribution >= 4 is 23.3 Å². The molecule has 0 aromatic carbocycles. The Bertz CT molecular complexity index is 259. The van der Waals surface area contributed by atoms with E-state index in [1.165, 1.54) is 6.08 Å². The van der Waals surface area contributed by atoms with Crippen LogP contribution >= 0.6 is 11.6 Å². The highest BCUT2D eigenvalue weighted by Gasteiger charge is 2.21. The van der Waals surface area contributed by atoms with Gasteiger partial charge in [-0.2, -0.15) is 0 Å². The van der Waals surface area contributed by atoms with Crippen LogP contribution in [0.1, 0.15) is 33.6 Å². The maximum atomic E-state index is 11.3. The highest BCUT2D eigenvalue weighted by molar-refractivity contribution is 6.30. The molecule has 0 fully saturated rings. The first kappa shape index (κ1) is 14.2. The average Bonchev–Trinajstić information content (AvgIpc) is 2.13. The Hall–Kier alpha value is -0.830. The number of halogens is 1. The van der Waals surface area contributed by atoms with E-state index < -0.39 is 10.9 Å². The average molecular weight is 232 g/mol. The number of hydrogen-bond donors (Lipinski definition) is 1. The van der Waals surface area contributed by atoms with Crippen LogP contribution in [0.3, 0.4) is 0 Å². The number of amides is 1. The number of alkyl halides is 1. The first-order valence-corrected chi connectivity index (χ1v) is 5.33. The fourth-order valence-electron chi connectivity index (χ4n) is 1.08. The molecule has 0 spiro atoms. The topological polar surface area (TPSA) is 46.2 Å². The molecule has 0 aliphatic carbocycles. The highest BCUT2D eigenvalue weighted by atomic mass is 35.5. The smallest absolute Gasteiger partial charge is 0.243 e. The molecule has 1 atom stereocenters. The molecule has 0 bridgehead atoms. The van der Waals surface area contributed by atoms with Crippen molar-refractivity contribution < 1.29 is 9.59 Å². The van der Waals surface area contributed by atoms with Crippen molar-refractivity contribution in [2.75, 3.05) is 0 Å². The molecule has 1 amide bonds. The molecule has 0 aromatic rings. The van der Waals surface area contributed by atoms with Crippen molar-refractivity contribution in [3.05, 3.63) is 12.7 Å². The van der Waals surface area contributed by atoms with E-state index in [1.54, 1.807) is 6.92 Å². The first-order chi connectivity index (χ1) is 6.78. The van der Waals surface area contributed by atoms with Gasteiger partial charge in [-0.05, 0) is 33.3 Å². The summed E-state index contributed by atoms with van der Waals surface area (Å²) in [6.07, 6.45) is 2.16. The highest BCUT2D eigenvalue weighted by Crippen LogP contribution is 2.13. The summed E-state index contributed by atoms with van der Waals surface area (Å²) in [5.74, 6) is -0.232. The van der Waals surface area contributed by atoms with Crippen LogP contribution in [0.15, 0.2) is 12.7 Å². The molecule has 0 aromatic heterocycles. The van der Waals surface area contributed by atoms with Gasteiger partial charge in [-0.15, -0.1) is 11.6 Å². The lowest BCUT2D eigenvalue weighted by Gasteiger charge is -2.25. The van der Waals surface area contributed by atoms with Gasteiger partial charge in [0.2, 0.25) is 5.91 Å². The Morgan fingerprint density at radius 3 is 2.47 bits per heavy atom. The predicted molar refractivity (Wildman–Crippen MR) is 62.0 cm³/mol. The van der Waals surface area contributed by atoms with Crippen molar-refractivity contribution in [1.29, 1.82) is 0 Å². The monoisotopic (exact) mass is 231 g/mol. The van der Waals surface area contributed by atoms with Crippen molar-refractivity contribution in [3.8, 4) is 0 Å². The van der Waals surface area contributed by atoms with Gasteiger partial charge < -0.3 is 5.32 Å². The van der Waals surface area contributed by atoms with Crippen molar-refractivity contribution in [2.45, 2.75) is 44.5 Å². The van der Waals surface area contributed by atoms with Crippen LogP contribution < -0.4 is 5.32 Å². The number of rotatable bonds is 6. The number of ketones is 1. The molecular weight excluding hydrogens is 214 g/mol. The molecule has 4 heteroatoms. The minimum absolute atomic E-state index is 0.00223. The lowest BCUT2D eigenvalue weighted by Crippen LogP contribution is -2.43. The second kappa shape index (κ2) is 5.91. The molecule has 0 radical (unpaired) electrons. The Morgan fingerprint density at radius 2 is 2.07 bits per heavy atom. The summed E-state index contributed by atoms with van der Waals surface area (Å²) in [7, 11) is 0. The molecule has 15 heavy (non-hydrogen) atoms. The van der Waals surface area contributed by atoms with E-state index in [-0.39, 0.29) is 11.7 Å². The lowest BCUT2D eigenvalue weighted by molar-refractivity contribution is -0.120. The summed E-state index contributed by atoms with van der Waals surface area (Å²) >= 11 is 5.64. The third-order valence-corrected chi connectivity index (χ3v) is 2.33. The van der Waals surface area contributed by atoms with Gasteiger partial charge in [0.25, 0.3) is 0 Å². The van der Waals surface area contributed by atoms with E-state index in [4.69, 9.17) is 11.6 Å². The minimum Gasteiger partial charge on any atom is -0.348 e. The number of carbonyl (C=O) groups is 2. The van der Waals surface area contributed by atoms with E-state index in [0.717, 1.165) is 0 Å². The van der Waals surface area contributed by atoms with Crippen molar-refractivity contribution in [2.24, 2.45) is 0 Å². The molecule has 0 heterocycles. The Morgan fingerprint density at radius 1 is 1.53 bits per heavy atom. The minimum atomic E-state index is -0.462. The zero-order valence-electron chi connectivity index (χ0n) is 9.47. The molecule has 0 saturated heterocycles. The van der Waals surface area contributed by atoms with Crippen LogP contribution in [0.4, 0.5) is 0 Å². The molecule has 1 unspecified atom stereocenters. The molecule has 0 rings (SSSR count). The summed E-state index contributed by atoms with van der Waals surface area (Å²) in [6, 6.07) is 0. The molecule has 1 N–H and O–H groups in total. The van der Waals surface area contributed by atoms with E-state index in [9.17, 15) is 9.59 Å². The van der Waals surface area contributed by atoms with Gasteiger partial charge in [0, 0.05) is 12.0 Å².